The average molecular weight is 537 g/mol. The number of amides is 1. The van der Waals surface area contributed by atoms with Gasteiger partial charge in [0.1, 0.15) is 33.7 Å². The van der Waals surface area contributed by atoms with Gasteiger partial charge in [0.05, 0.1) is 12.2 Å². The molecule has 1 amide bonds. The number of carbonyl (C=O) groups excluding carboxylic acids is 2. The van der Waals surface area contributed by atoms with Crippen molar-refractivity contribution in [3.63, 3.8) is 0 Å². The van der Waals surface area contributed by atoms with E-state index in [9.17, 15) is 28.0 Å². The third-order valence-corrected chi connectivity index (χ3v) is 6.23. The van der Waals surface area contributed by atoms with Crippen LogP contribution in [0.1, 0.15) is 28.6 Å². The Balaban J connectivity index is 1.60. The number of furan rings is 1. The third kappa shape index (κ3) is 5.85. The Bertz CT molecular complexity index is 1550. The molecule has 0 aliphatic rings. The number of carbonyl (C=O) groups is 2. The molecule has 6 nitrogen and oxygen atoms in total. The number of halogens is 3. The molecule has 0 atom stereocenters. The molecule has 192 valence electrons. The van der Waals surface area contributed by atoms with Crippen LogP contribution < -0.4 is 5.32 Å². The second kappa shape index (κ2) is 11.2. The predicted molar refractivity (Wildman–Crippen MR) is 137 cm³/mol. The van der Waals surface area contributed by atoms with Gasteiger partial charge in [-0.05, 0) is 36.8 Å². The van der Waals surface area contributed by atoms with E-state index in [-0.39, 0.29) is 39.8 Å². The first-order valence-corrected chi connectivity index (χ1v) is 12.1. The summed E-state index contributed by atoms with van der Waals surface area (Å²) in [4.78, 5) is 25.7. The summed E-state index contributed by atoms with van der Waals surface area (Å²) in [6, 6.07) is 18.4. The van der Waals surface area contributed by atoms with E-state index in [1.165, 1.54) is 30.3 Å². The summed E-state index contributed by atoms with van der Waals surface area (Å²) in [6.07, 6.45) is -3.34. The maximum absolute atomic E-state index is 13.0. The topological polar surface area (TPSA) is 92.3 Å². The van der Waals surface area contributed by atoms with Crippen LogP contribution >= 0.6 is 11.3 Å². The number of thiophene rings is 1. The fraction of sp³-hybridized carbons (Fsp3) is 0.107. The third-order valence-electron chi connectivity index (χ3n) is 5.34. The Kier molecular flexibility index (Phi) is 7.79. The van der Waals surface area contributed by atoms with Crippen LogP contribution in [0.5, 0.6) is 0 Å². The van der Waals surface area contributed by atoms with Crippen LogP contribution in [0.3, 0.4) is 0 Å². The molecule has 2 aromatic carbocycles. The molecule has 4 aromatic rings. The van der Waals surface area contributed by atoms with E-state index in [0.717, 1.165) is 29.0 Å². The van der Waals surface area contributed by atoms with Crippen LogP contribution in [0.2, 0.25) is 0 Å². The first-order valence-electron chi connectivity index (χ1n) is 11.3. The Morgan fingerprint density at radius 1 is 1.08 bits per heavy atom. The van der Waals surface area contributed by atoms with Crippen molar-refractivity contribution in [3.05, 3.63) is 94.6 Å². The van der Waals surface area contributed by atoms with Crippen molar-refractivity contribution in [2.45, 2.75) is 13.1 Å². The van der Waals surface area contributed by atoms with Gasteiger partial charge >= 0.3 is 12.1 Å². The van der Waals surface area contributed by atoms with Gasteiger partial charge in [0.25, 0.3) is 5.91 Å². The highest BCUT2D eigenvalue weighted by Gasteiger charge is 2.30. The number of anilines is 1. The van der Waals surface area contributed by atoms with Crippen molar-refractivity contribution < 1.29 is 31.9 Å². The molecule has 0 aliphatic carbocycles. The van der Waals surface area contributed by atoms with E-state index in [1.54, 1.807) is 18.4 Å². The minimum atomic E-state index is -4.51. The molecular weight excluding hydrogens is 517 g/mol. The van der Waals surface area contributed by atoms with Gasteiger partial charge in [-0.1, -0.05) is 42.5 Å². The molecule has 0 fully saturated rings. The Labute approximate surface area is 219 Å². The summed E-state index contributed by atoms with van der Waals surface area (Å²) in [5.74, 6) is -1.19. The van der Waals surface area contributed by atoms with Gasteiger partial charge in [-0.3, -0.25) is 4.79 Å². The number of hydrogen-bond acceptors (Lipinski definition) is 6. The summed E-state index contributed by atoms with van der Waals surface area (Å²) in [7, 11) is 0. The molecule has 0 spiro atoms. The fourth-order valence-corrected chi connectivity index (χ4v) is 4.53. The number of benzene rings is 2. The van der Waals surface area contributed by atoms with Gasteiger partial charge in [0.15, 0.2) is 0 Å². The van der Waals surface area contributed by atoms with Crippen molar-refractivity contribution in [3.8, 4) is 28.5 Å². The lowest BCUT2D eigenvalue weighted by Crippen LogP contribution is -2.16. The zero-order chi connectivity index (χ0) is 27.3. The number of hydrogen-bond donors (Lipinski definition) is 1. The first kappa shape index (κ1) is 26.4. The number of nitriles is 1. The van der Waals surface area contributed by atoms with Crippen molar-refractivity contribution in [2.24, 2.45) is 0 Å². The number of nitrogens with zero attached hydrogens (tertiary/aromatic N) is 1. The number of nitrogens with one attached hydrogen (secondary N) is 1. The smallest absolute Gasteiger partial charge is 0.416 e. The summed E-state index contributed by atoms with van der Waals surface area (Å²) in [5, 5.41) is 14.1. The monoisotopic (exact) mass is 536 g/mol. The molecule has 10 heteroatoms. The van der Waals surface area contributed by atoms with E-state index in [2.05, 4.69) is 5.32 Å². The molecule has 0 aliphatic heterocycles. The van der Waals surface area contributed by atoms with Gasteiger partial charge in [-0.25, -0.2) is 4.79 Å². The second-order valence-electron chi connectivity index (χ2n) is 7.84. The van der Waals surface area contributed by atoms with Gasteiger partial charge in [0, 0.05) is 22.6 Å². The van der Waals surface area contributed by atoms with Gasteiger partial charge in [-0.2, -0.15) is 18.4 Å². The fourth-order valence-electron chi connectivity index (χ4n) is 3.58. The highest BCUT2D eigenvalue weighted by molar-refractivity contribution is 7.15. The van der Waals surface area contributed by atoms with Crippen LogP contribution in [0.4, 0.5) is 18.2 Å². The Morgan fingerprint density at radius 3 is 2.50 bits per heavy atom. The highest BCUT2D eigenvalue weighted by Crippen LogP contribution is 2.37. The normalized spacial score (nSPS) is 11.6. The van der Waals surface area contributed by atoms with Crippen LogP contribution in [-0.4, -0.2) is 18.5 Å². The molecule has 2 aromatic heterocycles. The lowest BCUT2D eigenvalue weighted by molar-refractivity contribution is -0.137. The van der Waals surface area contributed by atoms with Crippen molar-refractivity contribution in [1.29, 1.82) is 5.26 Å². The molecule has 0 saturated heterocycles. The van der Waals surface area contributed by atoms with E-state index in [4.69, 9.17) is 9.15 Å². The SMILES string of the molecule is CCOC(=O)c1c(-c2ccccc2)csc1NC(=O)C(C#N)=Cc1ccc(-c2cccc(C(F)(F)F)c2)o1. The number of ether oxygens (including phenoxy) is 1. The van der Waals surface area contributed by atoms with E-state index >= 15 is 0 Å². The van der Waals surface area contributed by atoms with E-state index < -0.39 is 23.6 Å². The summed E-state index contributed by atoms with van der Waals surface area (Å²) < 4.78 is 49.9. The predicted octanol–water partition coefficient (Wildman–Crippen LogP) is 7.42. The van der Waals surface area contributed by atoms with Crippen molar-refractivity contribution in [2.75, 3.05) is 11.9 Å². The van der Waals surface area contributed by atoms with Crippen LogP contribution in [0.25, 0.3) is 28.5 Å². The first-order chi connectivity index (χ1) is 18.2. The summed E-state index contributed by atoms with van der Waals surface area (Å²) in [6.45, 7) is 1.80. The lowest BCUT2D eigenvalue weighted by Gasteiger charge is -2.08. The molecular formula is C28H19F3N2O4S. The average Bonchev–Trinajstić information content (AvgIpc) is 3.55. The molecule has 0 saturated carbocycles. The molecule has 1 N–H and O–H groups in total. The van der Waals surface area contributed by atoms with Crippen LogP contribution in [0, 0.1) is 11.3 Å². The lowest BCUT2D eigenvalue weighted by atomic mass is 10.0. The maximum atomic E-state index is 13.0. The van der Waals surface area contributed by atoms with E-state index in [1.807, 2.05) is 30.3 Å². The zero-order valence-electron chi connectivity index (χ0n) is 19.8. The molecule has 0 radical (unpaired) electrons. The minimum Gasteiger partial charge on any atom is -0.462 e. The summed E-state index contributed by atoms with van der Waals surface area (Å²) in [5.41, 5.74) is 0.514. The molecule has 0 unspecified atom stereocenters. The highest BCUT2D eigenvalue weighted by atomic mass is 32.1. The van der Waals surface area contributed by atoms with Crippen molar-refractivity contribution >= 4 is 34.3 Å². The van der Waals surface area contributed by atoms with Crippen LogP contribution in [0.15, 0.2) is 82.1 Å². The Morgan fingerprint density at radius 2 is 1.82 bits per heavy atom. The second-order valence-corrected chi connectivity index (χ2v) is 8.72. The number of alkyl halides is 3. The number of rotatable bonds is 7. The molecule has 2 heterocycles. The Hall–Kier alpha value is -4.62. The number of esters is 1. The van der Waals surface area contributed by atoms with Gasteiger partial charge < -0.3 is 14.5 Å². The van der Waals surface area contributed by atoms with Gasteiger partial charge in [-0.15, -0.1) is 11.3 Å². The minimum absolute atomic E-state index is 0.0888. The van der Waals surface area contributed by atoms with Gasteiger partial charge in [0.2, 0.25) is 0 Å². The van der Waals surface area contributed by atoms with E-state index in [0.29, 0.717) is 5.56 Å². The van der Waals surface area contributed by atoms with Crippen LogP contribution in [-0.2, 0) is 15.7 Å². The standard InChI is InChI=1S/C28H19F3N2O4S/c1-2-36-27(35)24-22(17-7-4-3-5-8-17)16-38-26(24)33-25(34)19(15-32)14-21-11-12-23(37-21)18-9-6-10-20(13-18)28(29,30)31/h3-14,16H,2H2,1H3,(H,33,34). The maximum Gasteiger partial charge on any atom is 0.416 e. The molecule has 4 rings (SSSR count). The molecule has 0 bridgehead atoms. The quantitative estimate of drug-likeness (QED) is 0.151. The largest absolute Gasteiger partial charge is 0.462 e. The summed E-state index contributed by atoms with van der Waals surface area (Å²) >= 11 is 1.11. The molecule has 38 heavy (non-hydrogen) atoms. The van der Waals surface area contributed by atoms with Crippen molar-refractivity contribution in [1.82, 2.24) is 0 Å². The zero-order valence-corrected chi connectivity index (χ0v) is 20.7.